The number of ether oxygens (including phenoxy) is 1. The molecular weight excluding hydrogens is 238 g/mol. The largest absolute Gasteiger partial charge is 0.497 e. The van der Waals surface area contributed by atoms with Crippen molar-refractivity contribution in [1.29, 1.82) is 0 Å². The molecule has 0 radical (unpaired) electrons. The molecule has 0 bridgehead atoms. The lowest BCUT2D eigenvalue weighted by Gasteiger charge is -2.10. The van der Waals surface area contributed by atoms with Crippen LogP contribution >= 0.6 is 11.6 Å². The highest BCUT2D eigenvalue weighted by atomic mass is 35.5. The first kappa shape index (κ1) is 11.5. The predicted octanol–water partition coefficient (Wildman–Crippen LogP) is 2.57. The summed E-state index contributed by atoms with van der Waals surface area (Å²) < 4.78 is 5.16. The summed E-state index contributed by atoms with van der Waals surface area (Å²) in [6.45, 7) is 0. The van der Waals surface area contributed by atoms with Gasteiger partial charge in [-0.05, 0) is 24.3 Å². The summed E-state index contributed by atoms with van der Waals surface area (Å²) in [6.07, 6.45) is 1.59. The van der Waals surface area contributed by atoms with Crippen LogP contribution in [0.15, 0.2) is 30.5 Å². The van der Waals surface area contributed by atoms with Crippen molar-refractivity contribution >= 4 is 23.1 Å². The third-order valence-electron chi connectivity index (χ3n) is 2.48. The van der Waals surface area contributed by atoms with Gasteiger partial charge in [0.05, 0.1) is 12.8 Å². The maximum absolute atomic E-state index is 6.14. The first-order valence-corrected chi connectivity index (χ1v) is 5.35. The molecule has 1 aromatic carbocycles. The molecule has 2 rings (SSSR count). The third-order valence-corrected chi connectivity index (χ3v) is 2.81. The Morgan fingerprint density at radius 3 is 2.65 bits per heavy atom. The van der Waals surface area contributed by atoms with Crippen LogP contribution in [0.1, 0.15) is 0 Å². The minimum Gasteiger partial charge on any atom is -0.497 e. The van der Waals surface area contributed by atoms with E-state index >= 15 is 0 Å². The van der Waals surface area contributed by atoms with Crippen molar-refractivity contribution in [3.8, 4) is 16.9 Å². The Hall–Kier alpha value is -1.94. The van der Waals surface area contributed by atoms with E-state index in [2.05, 4.69) is 4.98 Å². The first-order valence-electron chi connectivity index (χ1n) is 4.97. The second kappa shape index (κ2) is 4.51. The number of rotatable bonds is 2. The Morgan fingerprint density at radius 1 is 1.18 bits per heavy atom. The van der Waals surface area contributed by atoms with Crippen LogP contribution in [-0.2, 0) is 0 Å². The number of methoxy groups -OCH3 is 1. The third kappa shape index (κ3) is 2.12. The topological polar surface area (TPSA) is 74.2 Å². The maximum Gasteiger partial charge on any atom is 0.147 e. The lowest BCUT2D eigenvalue weighted by Crippen LogP contribution is -1.99. The van der Waals surface area contributed by atoms with Crippen LogP contribution in [-0.4, -0.2) is 12.1 Å². The van der Waals surface area contributed by atoms with E-state index in [0.29, 0.717) is 22.3 Å². The van der Waals surface area contributed by atoms with Gasteiger partial charge < -0.3 is 16.2 Å². The summed E-state index contributed by atoms with van der Waals surface area (Å²) in [5.74, 6) is 1.00. The van der Waals surface area contributed by atoms with E-state index in [9.17, 15) is 0 Å². The zero-order valence-electron chi connectivity index (χ0n) is 9.27. The molecule has 0 aliphatic heterocycles. The molecule has 2 aromatic rings. The molecular formula is C12H12ClN3O. The van der Waals surface area contributed by atoms with Crippen LogP contribution in [0.25, 0.3) is 11.1 Å². The summed E-state index contributed by atoms with van der Waals surface area (Å²) in [5.41, 5.74) is 13.5. The van der Waals surface area contributed by atoms with E-state index in [-0.39, 0.29) is 0 Å². The van der Waals surface area contributed by atoms with Gasteiger partial charge in [-0.15, -0.1) is 0 Å². The summed E-state index contributed by atoms with van der Waals surface area (Å²) >= 11 is 6.14. The minimum absolute atomic E-state index is 0.293. The average molecular weight is 250 g/mol. The number of hydrogen-bond acceptors (Lipinski definition) is 4. The van der Waals surface area contributed by atoms with Gasteiger partial charge in [0.15, 0.2) is 0 Å². The van der Waals surface area contributed by atoms with Gasteiger partial charge in [-0.1, -0.05) is 11.6 Å². The second-order valence-electron chi connectivity index (χ2n) is 3.50. The summed E-state index contributed by atoms with van der Waals surface area (Å²) in [6, 6.07) is 7.12. The van der Waals surface area contributed by atoms with E-state index in [0.717, 1.165) is 11.1 Å². The smallest absolute Gasteiger partial charge is 0.147 e. The number of nitrogens with two attached hydrogens (primary N) is 2. The minimum atomic E-state index is 0.293. The highest BCUT2D eigenvalue weighted by Crippen LogP contribution is 2.35. The number of pyridine rings is 1. The average Bonchev–Trinajstić information content (AvgIpc) is 2.34. The molecule has 0 spiro atoms. The van der Waals surface area contributed by atoms with E-state index in [1.165, 1.54) is 0 Å². The van der Waals surface area contributed by atoms with Gasteiger partial charge in [-0.3, -0.25) is 0 Å². The number of anilines is 2. The molecule has 0 saturated heterocycles. The van der Waals surface area contributed by atoms with Crippen molar-refractivity contribution in [1.82, 2.24) is 4.98 Å². The van der Waals surface area contributed by atoms with Gasteiger partial charge in [0.1, 0.15) is 11.6 Å². The number of aromatic nitrogens is 1. The summed E-state index contributed by atoms with van der Waals surface area (Å²) in [5, 5.41) is 0.586. The van der Waals surface area contributed by atoms with Crippen molar-refractivity contribution in [3.63, 3.8) is 0 Å². The van der Waals surface area contributed by atoms with Crippen LogP contribution in [0.2, 0.25) is 5.02 Å². The number of hydrogen-bond donors (Lipinski definition) is 2. The Bertz CT molecular complexity index is 557. The highest BCUT2D eigenvalue weighted by molar-refractivity contribution is 6.33. The number of halogens is 1. The van der Waals surface area contributed by atoms with Crippen LogP contribution in [0.3, 0.4) is 0 Å². The van der Waals surface area contributed by atoms with Crippen molar-refractivity contribution in [3.05, 3.63) is 35.5 Å². The Morgan fingerprint density at radius 2 is 1.94 bits per heavy atom. The fourth-order valence-electron chi connectivity index (χ4n) is 1.56. The molecule has 5 heteroatoms. The lowest BCUT2D eigenvalue weighted by atomic mass is 10.0. The maximum atomic E-state index is 6.14. The van der Waals surface area contributed by atoms with Gasteiger partial charge in [0.2, 0.25) is 0 Å². The summed E-state index contributed by atoms with van der Waals surface area (Å²) in [4.78, 5) is 3.92. The van der Waals surface area contributed by atoms with Crippen molar-refractivity contribution in [2.24, 2.45) is 0 Å². The van der Waals surface area contributed by atoms with E-state index in [1.807, 2.05) is 6.07 Å². The number of nitrogens with zero attached hydrogens (tertiary/aromatic N) is 1. The standard InChI is InChI=1S/C12H12ClN3O/c1-17-7-2-3-10(13)9(6-7)8-4-5-16-12(15)11(8)14/h2-6H,14H2,1H3,(H2,15,16). The van der Waals surface area contributed by atoms with Crippen LogP contribution < -0.4 is 16.2 Å². The lowest BCUT2D eigenvalue weighted by molar-refractivity contribution is 0.415. The quantitative estimate of drug-likeness (QED) is 0.858. The second-order valence-corrected chi connectivity index (χ2v) is 3.91. The van der Waals surface area contributed by atoms with Gasteiger partial charge in [0.25, 0.3) is 0 Å². The van der Waals surface area contributed by atoms with Crippen molar-refractivity contribution in [2.75, 3.05) is 18.6 Å². The Kier molecular flexibility index (Phi) is 3.06. The molecule has 4 nitrogen and oxygen atoms in total. The van der Waals surface area contributed by atoms with Crippen molar-refractivity contribution < 1.29 is 4.74 Å². The molecule has 88 valence electrons. The van der Waals surface area contributed by atoms with Crippen LogP contribution in [0.4, 0.5) is 11.5 Å². The van der Waals surface area contributed by atoms with Crippen LogP contribution in [0, 0.1) is 0 Å². The van der Waals surface area contributed by atoms with Gasteiger partial charge in [-0.2, -0.15) is 0 Å². The molecule has 1 heterocycles. The number of nitrogen functional groups attached to an aromatic ring is 2. The molecule has 0 fully saturated rings. The zero-order valence-corrected chi connectivity index (χ0v) is 10.0. The molecule has 0 saturated carbocycles. The Balaban J connectivity index is 2.63. The molecule has 0 unspecified atom stereocenters. The molecule has 17 heavy (non-hydrogen) atoms. The molecule has 0 aliphatic carbocycles. The fourth-order valence-corrected chi connectivity index (χ4v) is 1.78. The predicted molar refractivity (Wildman–Crippen MR) is 70.1 cm³/mol. The van der Waals surface area contributed by atoms with Crippen LogP contribution in [0.5, 0.6) is 5.75 Å². The van der Waals surface area contributed by atoms with E-state index < -0.39 is 0 Å². The van der Waals surface area contributed by atoms with Gasteiger partial charge in [0, 0.05) is 22.3 Å². The monoisotopic (exact) mass is 249 g/mol. The van der Waals surface area contributed by atoms with Gasteiger partial charge in [-0.25, -0.2) is 4.98 Å². The molecule has 4 N–H and O–H groups in total. The molecule has 0 aliphatic rings. The Labute approximate surface area is 104 Å². The van der Waals surface area contributed by atoms with Crippen molar-refractivity contribution in [2.45, 2.75) is 0 Å². The molecule has 1 aromatic heterocycles. The summed E-state index contributed by atoms with van der Waals surface area (Å²) in [7, 11) is 1.59. The normalized spacial score (nSPS) is 10.2. The van der Waals surface area contributed by atoms with Gasteiger partial charge >= 0.3 is 0 Å². The molecule has 0 amide bonds. The number of benzene rings is 1. The highest BCUT2D eigenvalue weighted by Gasteiger charge is 2.10. The van der Waals surface area contributed by atoms with E-state index in [1.54, 1.807) is 31.5 Å². The fraction of sp³-hybridized carbons (Fsp3) is 0.0833. The zero-order chi connectivity index (χ0) is 12.4. The first-order chi connectivity index (χ1) is 8.13. The van der Waals surface area contributed by atoms with E-state index in [4.69, 9.17) is 27.8 Å². The molecule has 0 atom stereocenters. The SMILES string of the molecule is COc1ccc(Cl)c(-c2ccnc(N)c2N)c1.